The lowest BCUT2D eigenvalue weighted by molar-refractivity contribution is -0.119. The van der Waals surface area contributed by atoms with Crippen molar-refractivity contribution in [3.63, 3.8) is 0 Å². The van der Waals surface area contributed by atoms with Gasteiger partial charge in [0.25, 0.3) is 5.91 Å². The molecule has 7 nitrogen and oxygen atoms in total. The van der Waals surface area contributed by atoms with Crippen LogP contribution in [0.15, 0.2) is 42.5 Å². The Bertz CT molecular complexity index is 858. The van der Waals surface area contributed by atoms with Crippen molar-refractivity contribution in [1.29, 1.82) is 5.26 Å². The van der Waals surface area contributed by atoms with E-state index in [1.807, 2.05) is 13.0 Å². The summed E-state index contributed by atoms with van der Waals surface area (Å²) >= 11 is 0. The molecule has 0 aliphatic rings. The van der Waals surface area contributed by atoms with Gasteiger partial charge in [-0.25, -0.2) is 4.79 Å². The average molecular weight is 368 g/mol. The maximum atomic E-state index is 12.2. The van der Waals surface area contributed by atoms with Crippen LogP contribution in [0.25, 0.3) is 0 Å². The molecule has 7 heteroatoms. The van der Waals surface area contributed by atoms with Crippen molar-refractivity contribution in [2.75, 3.05) is 25.6 Å². The molecule has 0 fully saturated rings. The standard InChI is InChI=1S/C20H20N2O5/c1-3-10-26-17-9-8-14(11-18(17)25-2)20(24)27-13-19(23)22-16-7-5-4-6-15(16)12-21/h4-9,11H,3,10,13H2,1-2H3,(H,22,23). The number of para-hydroxylation sites is 1. The predicted molar refractivity (Wildman–Crippen MR) is 98.8 cm³/mol. The molecule has 2 aromatic rings. The van der Waals surface area contributed by atoms with Crippen molar-refractivity contribution in [3.8, 4) is 17.6 Å². The van der Waals surface area contributed by atoms with E-state index >= 15 is 0 Å². The predicted octanol–water partition coefficient (Wildman–Crippen LogP) is 3.15. The monoisotopic (exact) mass is 368 g/mol. The Balaban J connectivity index is 1.97. The number of methoxy groups -OCH3 is 1. The molecule has 0 heterocycles. The van der Waals surface area contributed by atoms with Crippen molar-refractivity contribution in [3.05, 3.63) is 53.6 Å². The minimum atomic E-state index is -0.668. The zero-order valence-corrected chi connectivity index (χ0v) is 15.2. The number of carbonyl (C=O) groups excluding carboxylic acids is 2. The highest BCUT2D eigenvalue weighted by Gasteiger charge is 2.14. The molecule has 0 unspecified atom stereocenters. The number of anilines is 1. The van der Waals surface area contributed by atoms with E-state index in [0.717, 1.165) is 6.42 Å². The fourth-order valence-electron chi connectivity index (χ4n) is 2.22. The smallest absolute Gasteiger partial charge is 0.338 e. The Morgan fingerprint density at radius 3 is 2.63 bits per heavy atom. The summed E-state index contributed by atoms with van der Waals surface area (Å²) in [5.41, 5.74) is 0.922. The maximum Gasteiger partial charge on any atom is 0.338 e. The summed E-state index contributed by atoms with van der Waals surface area (Å²) in [5, 5.41) is 11.6. The van der Waals surface area contributed by atoms with Crippen molar-refractivity contribution in [2.45, 2.75) is 13.3 Å². The molecule has 0 saturated carbocycles. The molecule has 0 bridgehead atoms. The number of benzene rings is 2. The number of nitrogens with zero attached hydrogens (tertiary/aromatic N) is 1. The second kappa shape index (κ2) is 9.82. The summed E-state index contributed by atoms with van der Waals surface area (Å²) in [6.45, 7) is 2.04. The number of carbonyl (C=O) groups is 2. The Labute approximate surface area is 157 Å². The number of nitrogens with one attached hydrogen (secondary N) is 1. The van der Waals surface area contributed by atoms with Crippen molar-refractivity contribution < 1.29 is 23.8 Å². The third-order valence-electron chi connectivity index (χ3n) is 3.52. The van der Waals surface area contributed by atoms with Gasteiger partial charge in [-0.3, -0.25) is 4.79 Å². The molecule has 27 heavy (non-hydrogen) atoms. The lowest BCUT2D eigenvalue weighted by Crippen LogP contribution is -2.21. The van der Waals surface area contributed by atoms with E-state index in [4.69, 9.17) is 19.5 Å². The van der Waals surface area contributed by atoms with Crippen LogP contribution in [-0.4, -0.2) is 32.2 Å². The maximum absolute atomic E-state index is 12.2. The molecule has 0 spiro atoms. The van der Waals surface area contributed by atoms with Gasteiger partial charge in [0.15, 0.2) is 18.1 Å². The molecule has 1 amide bonds. The molecule has 140 valence electrons. The van der Waals surface area contributed by atoms with Crippen LogP contribution in [0.1, 0.15) is 29.3 Å². The number of hydrogen-bond acceptors (Lipinski definition) is 6. The number of hydrogen-bond donors (Lipinski definition) is 1. The molecule has 1 N–H and O–H groups in total. The summed E-state index contributed by atoms with van der Waals surface area (Å²) in [5.74, 6) is -0.271. The molecule has 2 rings (SSSR count). The lowest BCUT2D eigenvalue weighted by atomic mass is 10.2. The first kappa shape index (κ1) is 19.8. The minimum Gasteiger partial charge on any atom is -0.493 e. The fourth-order valence-corrected chi connectivity index (χ4v) is 2.22. The van der Waals surface area contributed by atoms with Gasteiger partial charge in [-0.1, -0.05) is 19.1 Å². The zero-order chi connectivity index (χ0) is 19.6. The summed E-state index contributed by atoms with van der Waals surface area (Å²) in [6, 6.07) is 13.2. The van der Waals surface area contributed by atoms with Crippen LogP contribution in [0.5, 0.6) is 11.5 Å². The van der Waals surface area contributed by atoms with Crippen LogP contribution in [0.4, 0.5) is 5.69 Å². The molecule has 0 atom stereocenters. The molecule has 0 aromatic heterocycles. The lowest BCUT2D eigenvalue weighted by Gasteiger charge is -2.11. The van der Waals surface area contributed by atoms with E-state index in [1.54, 1.807) is 36.4 Å². The number of amides is 1. The van der Waals surface area contributed by atoms with Crippen molar-refractivity contribution in [2.24, 2.45) is 0 Å². The van der Waals surface area contributed by atoms with Gasteiger partial charge in [0.2, 0.25) is 0 Å². The van der Waals surface area contributed by atoms with Gasteiger partial charge in [-0.05, 0) is 36.8 Å². The first-order valence-corrected chi connectivity index (χ1v) is 8.36. The van der Waals surface area contributed by atoms with E-state index in [-0.39, 0.29) is 5.56 Å². The van der Waals surface area contributed by atoms with E-state index in [1.165, 1.54) is 13.2 Å². The Morgan fingerprint density at radius 1 is 1.15 bits per heavy atom. The van der Waals surface area contributed by atoms with Gasteiger partial charge >= 0.3 is 5.97 Å². The van der Waals surface area contributed by atoms with Crippen LogP contribution >= 0.6 is 0 Å². The van der Waals surface area contributed by atoms with E-state index in [2.05, 4.69) is 5.32 Å². The molecular formula is C20H20N2O5. The van der Waals surface area contributed by atoms with Gasteiger partial charge < -0.3 is 19.5 Å². The second-order valence-corrected chi connectivity index (χ2v) is 5.50. The number of ether oxygens (including phenoxy) is 3. The van der Waals surface area contributed by atoms with Crippen LogP contribution in [-0.2, 0) is 9.53 Å². The van der Waals surface area contributed by atoms with E-state index in [0.29, 0.717) is 29.4 Å². The third-order valence-corrected chi connectivity index (χ3v) is 3.52. The number of rotatable bonds is 8. The molecular weight excluding hydrogens is 348 g/mol. The van der Waals surface area contributed by atoms with Crippen LogP contribution in [0.2, 0.25) is 0 Å². The van der Waals surface area contributed by atoms with Crippen LogP contribution < -0.4 is 14.8 Å². The quantitative estimate of drug-likeness (QED) is 0.719. The summed E-state index contributed by atoms with van der Waals surface area (Å²) in [6.07, 6.45) is 0.844. The van der Waals surface area contributed by atoms with Gasteiger partial charge in [0.1, 0.15) is 6.07 Å². The zero-order valence-electron chi connectivity index (χ0n) is 15.2. The Morgan fingerprint density at radius 2 is 1.93 bits per heavy atom. The molecule has 0 aliphatic carbocycles. The van der Waals surface area contributed by atoms with Gasteiger partial charge in [-0.2, -0.15) is 5.26 Å². The highest BCUT2D eigenvalue weighted by atomic mass is 16.5. The topological polar surface area (TPSA) is 97.6 Å². The Kier molecular flexibility index (Phi) is 7.20. The van der Waals surface area contributed by atoms with Crippen molar-refractivity contribution >= 4 is 17.6 Å². The number of nitriles is 1. The third kappa shape index (κ3) is 5.47. The van der Waals surface area contributed by atoms with Crippen LogP contribution in [0.3, 0.4) is 0 Å². The summed E-state index contributed by atoms with van der Waals surface area (Å²) < 4.78 is 15.8. The second-order valence-electron chi connectivity index (χ2n) is 5.50. The van der Waals surface area contributed by atoms with Gasteiger partial charge in [-0.15, -0.1) is 0 Å². The fraction of sp³-hybridized carbons (Fsp3) is 0.250. The first-order chi connectivity index (χ1) is 13.1. The molecule has 2 aromatic carbocycles. The highest BCUT2D eigenvalue weighted by molar-refractivity contribution is 5.96. The highest BCUT2D eigenvalue weighted by Crippen LogP contribution is 2.28. The average Bonchev–Trinajstić information content (AvgIpc) is 2.70. The summed E-state index contributed by atoms with van der Waals surface area (Å²) in [4.78, 5) is 24.1. The number of esters is 1. The van der Waals surface area contributed by atoms with E-state index in [9.17, 15) is 9.59 Å². The SMILES string of the molecule is CCCOc1ccc(C(=O)OCC(=O)Nc2ccccc2C#N)cc1OC. The summed E-state index contributed by atoms with van der Waals surface area (Å²) in [7, 11) is 1.48. The normalized spacial score (nSPS) is 9.81. The van der Waals surface area contributed by atoms with E-state index < -0.39 is 18.5 Å². The van der Waals surface area contributed by atoms with Crippen LogP contribution in [0, 0.1) is 11.3 Å². The Hall–Kier alpha value is -3.53. The minimum absolute atomic E-state index is 0.237. The molecule has 0 saturated heterocycles. The molecule has 0 aliphatic heterocycles. The van der Waals surface area contributed by atoms with Gasteiger partial charge in [0.05, 0.1) is 30.5 Å². The van der Waals surface area contributed by atoms with Crippen molar-refractivity contribution in [1.82, 2.24) is 0 Å². The van der Waals surface area contributed by atoms with Gasteiger partial charge in [0, 0.05) is 0 Å². The molecule has 0 radical (unpaired) electrons. The first-order valence-electron chi connectivity index (χ1n) is 8.36. The largest absolute Gasteiger partial charge is 0.493 e.